The molecule has 0 aromatic heterocycles. The molecule has 1 N–H and O–H groups in total. The highest BCUT2D eigenvalue weighted by Crippen LogP contribution is 2.22. The Bertz CT molecular complexity index is 957. The molecule has 3 rings (SSSR count). The molecular formula is C24H25I2O2+. The first-order valence-corrected chi connectivity index (χ1v) is 12.4. The van der Waals surface area contributed by atoms with Crippen LogP contribution in [0.4, 0.5) is 0 Å². The van der Waals surface area contributed by atoms with Crippen molar-refractivity contribution in [3.05, 3.63) is 88.1 Å². The molecule has 0 heterocycles. The van der Waals surface area contributed by atoms with Crippen molar-refractivity contribution in [1.29, 1.82) is 0 Å². The number of aryl methyl sites for hydroxylation is 1. The van der Waals surface area contributed by atoms with Crippen molar-refractivity contribution < 1.29 is 31.0 Å². The minimum absolute atomic E-state index is 0.196. The first kappa shape index (κ1) is 21.4. The van der Waals surface area contributed by atoms with Crippen molar-refractivity contribution in [3.8, 4) is 11.5 Å². The zero-order valence-corrected chi connectivity index (χ0v) is 20.9. The Kier molecular flexibility index (Phi) is 6.91. The van der Waals surface area contributed by atoms with E-state index in [1.165, 1.54) is 18.3 Å². The molecule has 0 aliphatic heterocycles. The number of hydrogen-bond donors (Lipinski definition) is 1. The van der Waals surface area contributed by atoms with Gasteiger partial charge >= 0.3 is 21.2 Å². The van der Waals surface area contributed by atoms with Crippen LogP contribution in [0.1, 0.15) is 37.5 Å². The molecule has 0 aliphatic carbocycles. The molecule has 0 aliphatic rings. The van der Waals surface area contributed by atoms with Crippen LogP contribution in [-0.4, -0.2) is 5.11 Å². The maximum absolute atomic E-state index is 9.63. The molecule has 0 radical (unpaired) electrons. The lowest BCUT2D eigenvalue weighted by Gasteiger charge is -2.18. The Morgan fingerprint density at radius 1 is 0.964 bits per heavy atom. The van der Waals surface area contributed by atoms with E-state index >= 15 is 0 Å². The SMILES string of the molecule is Cc1cc(OCc2ccc(O)c(I)c2)ccc1[I+]c1ccc(C(C)(C)C)cc1. The molecule has 146 valence electrons. The second-order valence-corrected chi connectivity index (χ2v) is 11.9. The highest BCUT2D eigenvalue weighted by molar-refractivity contribution is 14.1. The smallest absolute Gasteiger partial charge is 0.358 e. The summed E-state index contributed by atoms with van der Waals surface area (Å²) in [5, 5.41) is 9.63. The quantitative estimate of drug-likeness (QED) is 0.457. The van der Waals surface area contributed by atoms with E-state index in [4.69, 9.17) is 4.74 Å². The van der Waals surface area contributed by atoms with Crippen LogP contribution in [0.3, 0.4) is 0 Å². The Labute approximate surface area is 191 Å². The van der Waals surface area contributed by atoms with Gasteiger partial charge in [0.1, 0.15) is 18.1 Å². The van der Waals surface area contributed by atoms with E-state index in [0.29, 0.717) is 12.4 Å². The molecule has 2 nitrogen and oxygen atoms in total. The van der Waals surface area contributed by atoms with Crippen LogP contribution in [0, 0.1) is 17.6 Å². The highest BCUT2D eigenvalue weighted by atomic mass is 127. The first-order chi connectivity index (χ1) is 13.2. The summed E-state index contributed by atoms with van der Waals surface area (Å²) in [4.78, 5) is 0. The Morgan fingerprint density at radius 2 is 1.68 bits per heavy atom. The first-order valence-electron chi connectivity index (χ1n) is 9.18. The molecule has 0 bridgehead atoms. The standard InChI is InChI=1S/C24H24I2O2/c1-16-13-20(28-15-17-5-12-23(27)21(25)14-17)10-11-22(16)26-19-8-6-18(7-9-19)24(2,3)4/h5-14H,15H2,1-4H3/p+1. The predicted molar refractivity (Wildman–Crippen MR) is 119 cm³/mol. The predicted octanol–water partition coefficient (Wildman–Crippen LogP) is 3.31. The number of rotatable bonds is 5. The van der Waals surface area contributed by atoms with E-state index in [-0.39, 0.29) is 26.6 Å². The Hall–Kier alpha value is -1.28. The van der Waals surface area contributed by atoms with Crippen LogP contribution < -0.4 is 25.9 Å². The van der Waals surface area contributed by atoms with Gasteiger partial charge < -0.3 is 9.84 Å². The van der Waals surface area contributed by atoms with E-state index in [2.05, 4.69) is 92.8 Å². The molecular weight excluding hydrogens is 574 g/mol. The second kappa shape index (κ2) is 9.03. The lowest BCUT2D eigenvalue weighted by atomic mass is 9.87. The van der Waals surface area contributed by atoms with Crippen LogP contribution in [0.15, 0.2) is 60.7 Å². The highest BCUT2D eigenvalue weighted by Gasteiger charge is 2.20. The lowest BCUT2D eigenvalue weighted by molar-refractivity contribution is -0.598. The van der Waals surface area contributed by atoms with Crippen LogP contribution in [-0.2, 0) is 12.0 Å². The molecule has 28 heavy (non-hydrogen) atoms. The average molecular weight is 599 g/mol. The van der Waals surface area contributed by atoms with Gasteiger partial charge in [-0.15, -0.1) is 0 Å². The molecule has 0 fully saturated rings. The van der Waals surface area contributed by atoms with Gasteiger partial charge in [0.15, 0.2) is 7.14 Å². The van der Waals surface area contributed by atoms with E-state index in [9.17, 15) is 5.11 Å². The number of halogens is 2. The molecule has 0 unspecified atom stereocenters. The van der Waals surface area contributed by atoms with Crippen molar-refractivity contribution in [2.75, 3.05) is 0 Å². The molecule has 3 aromatic rings. The fourth-order valence-electron chi connectivity index (χ4n) is 2.75. The minimum Gasteiger partial charge on any atom is -0.507 e. The van der Waals surface area contributed by atoms with Crippen LogP contribution >= 0.6 is 22.6 Å². The van der Waals surface area contributed by atoms with Crippen molar-refractivity contribution in [3.63, 3.8) is 0 Å². The fraction of sp³-hybridized carbons (Fsp3) is 0.250. The fourth-order valence-corrected chi connectivity index (χ4v) is 5.66. The van der Waals surface area contributed by atoms with Crippen molar-refractivity contribution >= 4 is 22.6 Å². The summed E-state index contributed by atoms with van der Waals surface area (Å²) >= 11 is 1.93. The van der Waals surface area contributed by atoms with Gasteiger partial charge in [-0.25, -0.2) is 0 Å². The van der Waals surface area contributed by atoms with E-state index in [1.807, 2.05) is 12.1 Å². The van der Waals surface area contributed by atoms with Crippen LogP contribution in [0.5, 0.6) is 11.5 Å². The zero-order chi connectivity index (χ0) is 20.3. The van der Waals surface area contributed by atoms with Crippen molar-refractivity contribution in [2.24, 2.45) is 0 Å². The van der Waals surface area contributed by atoms with Gasteiger partial charge in [-0.1, -0.05) is 39.0 Å². The van der Waals surface area contributed by atoms with Gasteiger partial charge in [0.05, 0.1) is 3.57 Å². The summed E-state index contributed by atoms with van der Waals surface area (Å²) in [6, 6.07) is 21.0. The topological polar surface area (TPSA) is 29.5 Å². The number of hydrogen-bond acceptors (Lipinski definition) is 2. The molecule has 0 spiro atoms. The third kappa shape index (κ3) is 5.63. The van der Waals surface area contributed by atoms with E-state index in [1.54, 1.807) is 6.07 Å². The molecule has 0 atom stereocenters. The minimum atomic E-state index is -0.202. The normalized spacial score (nSPS) is 11.5. The lowest BCUT2D eigenvalue weighted by Crippen LogP contribution is -3.61. The number of benzene rings is 3. The molecule has 3 aromatic carbocycles. The number of phenolic OH excluding ortho intramolecular Hbond substituents is 1. The van der Waals surface area contributed by atoms with Crippen LogP contribution in [0.25, 0.3) is 0 Å². The monoisotopic (exact) mass is 599 g/mol. The Balaban J connectivity index is 1.65. The van der Waals surface area contributed by atoms with Gasteiger partial charge in [0.2, 0.25) is 0 Å². The van der Waals surface area contributed by atoms with Gasteiger partial charge in [-0.05, 0) is 88.5 Å². The molecule has 0 saturated heterocycles. The summed E-state index contributed by atoms with van der Waals surface area (Å²) in [6.07, 6.45) is 0. The summed E-state index contributed by atoms with van der Waals surface area (Å²) in [5.41, 5.74) is 3.91. The number of phenols is 1. The van der Waals surface area contributed by atoms with E-state index in [0.717, 1.165) is 14.9 Å². The maximum atomic E-state index is 9.63. The summed E-state index contributed by atoms with van der Waals surface area (Å²) in [7, 11) is 0. The largest absolute Gasteiger partial charge is 0.507 e. The molecule has 4 heteroatoms. The third-order valence-electron chi connectivity index (χ3n) is 4.47. The molecule has 0 amide bonds. The number of ether oxygens (including phenoxy) is 1. The van der Waals surface area contributed by atoms with Crippen molar-refractivity contribution in [2.45, 2.75) is 39.7 Å². The summed E-state index contributed by atoms with van der Waals surface area (Å²) in [6.45, 7) is 9.41. The van der Waals surface area contributed by atoms with Gasteiger partial charge in [-0.2, -0.15) is 0 Å². The van der Waals surface area contributed by atoms with Gasteiger partial charge in [0, 0.05) is 5.56 Å². The van der Waals surface area contributed by atoms with Gasteiger partial charge in [0.25, 0.3) is 0 Å². The third-order valence-corrected chi connectivity index (χ3v) is 8.47. The number of aromatic hydroxyl groups is 1. The Morgan fingerprint density at radius 3 is 2.29 bits per heavy atom. The second-order valence-electron chi connectivity index (χ2n) is 7.84. The molecule has 0 saturated carbocycles. The average Bonchev–Trinajstić information content (AvgIpc) is 2.64. The zero-order valence-electron chi connectivity index (χ0n) is 16.6. The van der Waals surface area contributed by atoms with Crippen molar-refractivity contribution in [1.82, 2.24) is 0 Å². The maximum Gasteiger partial charge on any atom is 0.358 e. The van der Waals surface area contributed by atoms with Crippen LogP contribution in [0.2, 0.25) is 0 Å². The van der Waals surface area contributed by atoms with E-state index < -0.39 is 0 Å². The summed E-state index contributed by atoms with van der Waals surface area (Å²) in [5.74, 6) is 1.19. The summed E-state index contributed by atoms with van der Waals surface area (Å²) < 4.78 is 9.65. The van der Waals surface area contributed by atoms with Gasteiger partial charge in [-0.3, -0.25) is 0 Å².